The topological polar surface area (TPSA) is 0 Å². The third-order valence-electron chi connectivity index (χ3n) is 2.59. The summed E-state index contributed by atoms with van der Waals surface area (Å²) in [6.07, 6.45) is 1.94. The summed E-state index contributed by atoms with van der Waals surface area (Å²) < 4.78 is 0. The van der Waals surface area contributed by atoms with Crippen LogP contribution in [0, 0.1) is 0 Å². The van der Waals surface area contributed by atoms with Crippen molar-refractivity contribution in [3.8, 4) is 0 Å². The van der Waals surface area contributed by atoms with Crippen LogP contribution in [0.4, 0.5) is 0 Å². The Balaban J connectivity index is 0.000000829. The molecule has 2 aromatic carbocycles. The first kappa shape index (κ1) is 18.2. The number of benzene rings is 2. The molecule has 20 heavy (non-hydrogen) atoms. The zero-order chi connectivity index (χ0) is 15.2. The molecule has 0 unspecified atom stereocenters. The minimum Gasteiger partial charge on any atom is -0.0992 e. The van der Waals surface area contributed by atoms with Crippen molar-refractivity contribution in [3.05, 3.63) is 83.9 Å². The maximum absolute atomic E-state index is 4.15. The van der Waals surface area contributed by atoms with Crippen molar-refractivity contribution in [1.29, 1.82) is 0 Å². The van der Waals surface area contributed by atoms with E-state index in [-0.39, 0.29) is 0 Å². The Morgan fingerprint density at radius 3 is 1.25 bits per heavy atom. The molecular formula is C20H28. The molecule has 0 aromatic heterocycles. The highest BCUT2D eigenvalue weighted by atomic mass is 14.0. The Morgan fingerprint density at radius 2 is 0.950 bits per heavy atom. The third-order valence-corrected chi connectivity index (χ3v) is 2.59. The molecule has 0 aliphatic rings. The Morgan fingerprint density at radius 1 is 0.650 bits per heavy atom. The third kappa shape index (κ3) is 7.58. The summed E-state index contributed by atoms with van der Waals surface area (Å²) in [7, 11) is 0. The summed E-state index contributed by atoms with van der Waals surface area (Å²) in [4.78, 5) is 0. The fourth-order valence-corrected chi connectivity index (χ4v) is 1.83. The van der Waals surface area contributed by atoms with Crippen molar-refractivity contribution in [2.45, 2.75) is 40.5 Å². The summed E-state index contributed by atoms with van der Waals surface area (Å²) in [5.41, 5.74) is 3.93. The van der Waals surface area contributed by atoms with E-state index in [9.17, 15) is 0 Å². The van der Waals surface area contributed by atoms with Crippen LogP contribution < -0.4 is 0 Å². The number of allylic oxidation sites excluding steroid dienone is 1. The van der Waals surface area contributed by atoms with Crippen LogP contribution in [0.25, 0.3) is 0 Å². The summed E-state index contributed by atoms with van der Waals surface area (Å²) >= 11 is 0. The summed E-state index contributed by atoms with van der Waals surface area (Å²) in [5, 5.41) is 0. The van der Waals surface area contributed by atoms with Gasteiger partial charge in [-0.1, -0.05) is 101 Å². The van der Waals surface area contributed by atoms with Crippen LogP contribution in [0.2, 0.25) is 0 Å². The second-order valence-corrected chi connectivity index (χ2v) is 4.07. The molecule has 0 heterocycles. The van der Waals surface area contributed by atoms with E-state index in [2.05, 4.69) is 55.1 Å². The highest BCUT2D eigenvalue weighted by Crippen LogP contribution is 2.11. The van der Waals surface area contributed by atoms with Gasteiger partial charge in [0.25, 0.3) is 0 Å². The minimum atomic E-state index is 0.968. The highest BCUT2D eigenvalue weighted by Gasteiger charge is 1.98. The summed E-state index contributed by atoms with van der Waals surface area (Å²) in [5.74, 6) is 0. The maximum atomic E-state index is 4.15. The van der Waals surface area contributed by atoms with Crippen molar-refractivity contribution < 1.29 is 0 Å². The van der Waals surface area contributed by atoms with Crippen LogP contribution in [0.1, 0.15) is 38.8 Å². The van der Waals surface area contributed by atoms with Gasteiger partial charge in [-0.15, -0.1) is 0 Å². The van der Waals surface area contributed by atoms with Crippen molar-refractivity contribution in [3.63, 3.8) is 0 Å². The molecule has 0 nitrogen and oxygen atoms in total. The smallest absolute Gasteiger partial charge is 0.00665 e. The van der Waals surface area contributed by atoms with Crippen molar-refractivity contribution in [1.82, 2.24) is 0 Å². The van der Waals surface area contributed by atoms with Gasteiger partial charge in [-0.05, 0) is 24.0 Å². The molecule has 0 heteroatoms. The van der Waals surface area contributed by atoms with E-state index < -0.39 is 0 Å². The lowest BCUT2D eigenvalue weighted by molar-refractivity contribution is 1.04. The molecule has 2 rings (SSSR count). The quantitative estimate of drug-likeness (QED) is 0.589. The molecule has 0 fully saturated rings. The average molecular weight is 268 g/mol. The average Bonchev–Trinajstić information content (AvgIpc) is 2.53. The van der Waals surface area contributed by atoms with E-state index in [1.165, 1.54) is 16.7 Å². The fourth-order valence-electron chi connectivity index (χ4n) is 1.83. The summed E-state index contributed by atoms with van der Waals surface area (Å²) in [6.45, 7) is 12.1. The SMILES string of the molecule is C=C(Cc1ccccc1)Cc1ccccc1.CC.CC. The van der Waals surface area contributed by atoms with Crippen LogP contribution in [-0.2, 0) is 12.8 Å². The minimum absolute atomic E-state index is 0.968. The first-order chi connectivity index (χ1) is 9.84. The van der Waals surface area contributed by atoms with E-state index in [0.717, 1.165) is 12.8 Å². The summed E-state index contributed by atoms with van der Waals surface area (Å²) in [6, 6.07) is 21.0. The van der Waals surface area contributed by atoms with Crippen LogP contribution in [0.15, 0.2) is 72.8 Å². The van der Waals surface area contributed by atoms with Gasteiger partial charge in [-0.3, -0.25) is 0 Å². The van der Waals surface area contributed by atoms with Gasteiger partial charge in [-0.2, -0.15) is 0 Å². The van der Waals surface area contributed by atoms with Gasteiger partial charge in [-0.25, -0.2) is 0 Å². The van der Waals surface area contributed by atoms with E-state index in [1.54, 1.807) is 0 Å². The van der Waals surface area contributed by atoms with Gasteiger partial charge in [0, 0.05) is 0 Å². The Labute approximate surface area is 125 Å². The van der Waals surface area contributed by atoms with Crippen molar-refractivity contribution >= 4 is 0 Å². The molecule has 0 aliphatic heterocycles. The van der Waals surface area contributed by atoms with Gasteiger partial charge >= 0.3 is 0 Å². The van der Waals surface area contributed by atoms with E-state index in [1.807, 2.05) is 39.8 Å². The van der Waals surface area contributed by atoms with Crippen LogP contribution in [-0.4, -0.2) is 0 Å². The molecule has 0 bridgehead atoms. The van der Waals surface area contributed by atoms with Crippen LogP contribution in [0.5, 0.6) is 0 Å². The Bertz CT molecular complexity index is 396. The Kier molecular flexibility index (Phi) is 11.1. The number of hydrogen-bond donors (Lipinski definition) is 0. The standard InChI is InChI=1S/C16H16.2C2H6/c1-14(12-15-8-4-2-5-9-15)13-16-10-6-3-7-11-16;2*1-2/h2-11H,1,12-13H2;2*1-2H3. The first-order valence-electron chi connectivity index (χ1n) is 7.59. The fraction of sp³-hybridized carbons (Fsp3) is 0.300. The molecule has 0 atom stereocenters. The monoisotopic (exact) mass is 268 g/mol. The van der Waals surface area contributed by atoms with Gasteiger partial charge in [0.15, 0.2) is 0 Å². The number of rotatable bonds is 4. The Hall–Kier alpha value is -1.82. The molecule has 0 spiro atoms. The first-order valence-corrected chi connectivity index (χ1v) is 7.59. The predicted octanol–water partition coefficient (Wildman–Crippen LogP) is 6.08. The second-order valence-electron chi connectivity index (χ2n) is 4.07. The number of hydrogen-bond acceptors (Lipinski definition) is 0. The lowest BCUT2D eigenvalue weighted by Gasteiger charge is -2.05. The second kappa shape index (κ2) is 12.2. The van der Waals surface area contributed by atoms with E-state index in [4.69, 9.17) is 0 Å². The van der Waals surface area contributed by atoms with Crippen molar-refractivity contribution in [2.75, 3.05) is 0 Å². The molecule has 0 amide bonds. The molecule has 108 valence electrons. The van der Waals surface area contributed by atoms with Gasteiger partial charge < -0.3 is 0 Å². The van der Waals surface area contributed by atoms with Crippen LogP contribution in [0.3, 0.4) is 0 Å². The lowest BCUT2D eigenvalue weighted by Crippen LogP contribution is -1.93. The molecule has 0 N–H and O–H groups in total. The normalized spacial score (nSPS) is 8.60. The van der Waals surface area contributed by atoms with Gasteiger partial charge in [0.05, 0.1) is 0 Å². The zero-order valence-electron chi connectivity index (χ0n) is 13.4. The van der Waals surface area contributed by atoms with Crippen LogP contribution >= 0.6 is 0 Å². The van der Waals surface area contributed by atoms with Gasteiger partial charge in [0.1, 0.15) is 0 Å². The predicted molar refractivity (Wildman–Crippen MR) is 92.1 cm³/mol. The molecule has 0 radical (unpaired) electrons. The highest BCUT2D eigenvalue weighted by molar-refractivity contribution is 5.25. The lowest BCUT2D eigenvalue weighted by atomic mass is 10.00. The molecule has 0 saturated heterocycles. The van der Waals surface area contributed by atoms with E-state index in [0.29, 0.717) is 0 Å². The van der Waals surface area contributed by atoms with Crippen molar-refractivity contribution in [2.24, 2.45) is 0 Å². The molecule has 0 aliphatic carbocycles. The zero-order valence-corrected chi connectivity index (χ0v) is 13.4. The van der Waals surface area contributed by atoms with Gasteiger partial charge in [0.2, 0.25) is 0 Å². The molecular weight excluding hydrogens is 240 g/mol. The maximum Gasteiger partial charge on any atom is -0.00665 e. The van der Waals surface area contributed by atoms with E-state index >= 15 is 0 Å². The molecule has 0 saturated carbocycles. The molecule has 2 aromatic rings. The largest absolute Gasteiger partial charge is 0.0992 e.